The molecule has 5 nitrogen and oxygen atoms in total. The first kappa shape index (κ1) is 12.2. The maximum absolute atomic E-state index is 12.2. The van der Waals surface area contributed by atoms with Crippen LogP contribution in [0.25, 0.3) is 11.0 Å². The van der Waals surface area contributed by atoms with Crippen LogP contribution in [0.5, 0.6) is 0 Å². The van der Waals surface area contributed by atoms with Gasteiger partial charge in [0.15, 0.2) is 0 Å². The lowest BCUT2D eigenvalue weighted by Gasteiger charge is -2.21. The van der Waals surface area contributed by atoms with Crippen LogP contribution in [-0.2, 0) is 11.8 Å². The topological polar surface area (TPSA) is 64.2 Å². The van der Waals surface area contributed by atoms with Gasteiger partial charge in [-0.2, -0.15) is 0 Å². The highest BCUT2D eigenvalue weighted by molar-refractivity contribution is 6.02. The fourth-order valence-electron chi connectivity index (χ4n) is 2.32. The minimum absolute atomic E-state index is 0.0143. The van der Waals surface area contributed by atoms with Crippen LogP contribution in [0.4, 0.5) is 5.69 Å². The van der Waals surface area contributed by atoms with Crippen LogP contribution in [0.15, 0.2) is 18.2 Å². The summed E-state index contributed by atoms with van der Waals surface area (Å²) in [5.74, 6) is 0.943. The third kappa shape index (κ3) is 1.81. The number of nitrogens with two attached hydrogens (primary N) is 1. The van der Waals surface area contributed by atoms with Gasteiger partial charge in [-0.05, 0) is 38.0 Å². The van der Waals surface area contributed by atoms with E-state index in [1.54, 1.807) is 11.9 Å². The Labute approximate surface area is 112 Å². The van der Waals surface area contributed by atoms with Crippen molar-refractivity contribution in [3.05, 3.63) is 24.0 Å². The molecule has 1 aliphatic rings. The number of aryl methyl sites for hydroxylation is 2. The number of amides is 1. The number of hydrogen-bond donors (Lipinski definition) is 1. The fraction of sp³-hybridized carbons (Fsp3) is 0.429. The van der Waals surface area contributed by atoms with Crippen LogP contribution in [0.3, 0.4) is 0 Å². The summed E-state index contributed by atoms with van der Waals surface area (Å²) in [5, 5.41) is 0. The zero-order chi connectivity index (χ0) is 13.8. The number of nitrogens with zero attached hydrogens (tertiary/aromatic N) is 3. The summed E-state index contributed by atoms with van der Waals surface area (Å²) >= 11 is 0. The van der Waals surface area contributed by atoms with E-state index in [1.807, 2.05) is 36.7 Å². The van der Waals surface area contributed by atoms with Crippen molar-refractivity contribution >= 4 is 22.6 Å². The Hall–Kier alpha value is -1.88. The van der Waals surface area contributed by atoms with Gasteiger partial charge >= 0.3 is 0 Å². The van der Waals surface area contributed by atoms with Crippen LogP contribution in [-0.4, -0.2) is 28.0 Å². The number of rotatable bonds is 2. The minimum Gasteiger partial charge on any atom is -0.331 e. The monoisotopic (exact) mass is 258 g/mol. The molecule has 1 saturated carbocycles. The fourth-order valence-corrected chi connectivity index (χ4v) is 2.32. The maximum Gasteiger partial charge on any atom is 0.246 e. The number of imidazole rings is 1. The number of benzene rings is 1. The highest BCUT2D eigenvalue weighted by Gasteiger charge is 2.47. The van der Waals surface area contributed by atoms with Crippen molar-refractivity contribution in [2.75, 3.05) is 11.9 Å². The molecule has 0 bridgehead atoms. The lowest BCUT2D eigenvalue weighted by molar-refractivity contribution is -0.120. The van der Waals surface area contributed by atoms with E-state index >= 15 is 0 Å². The van der Waals surface area contributed by atoms with Crippen molar-refractivity contribution in [1.29, 1.82) is 0 Å². The Kier molecular flexibility index (Phi) is 2.44. The average Bonchev–Trinajstić information content (AvgIpc) is 3.08. The van der Waals surface area contributed by atoms with Gasteiger partial charge in [0, 0.05) is 19.8 Å². The predicted molar refractivity (Wildman–Crippen MR) is 75.0 cm³/mol. The number of hydrogen-bond acceptors (Lipinski definition) is 3. The van der Waals surface area contributed by atoms with Gasteiger partial charge in [-0.15, -0.1) is 0 Å². The number of carbonyl (C=O) groups is 1. The Morgan fingerprint density at radius 2 is 2.16 bits per heavy atom. The molecule has 5 heteroatoms. The minimum atomic E-state index is -0.635. The molecule has 19 heavy (non-hydrogen) atoms. The summed E-state index contributed by atoms with van der Waals surface area (Å²) in [5.41, 5.74) is 8.13. The molecule has 2 N–H and O–H groups in total. The molecule has 0 aliphatic heterocycles. The molecule has 0 atom stereocenters. The molecule has 1 amide bonds. The second-order valence-corrected chi connectivity index (χ2v) is 5.41. The van der Waals surface area contributed by atoms with Gasteiger partial charge in [0.1, 0.15) is 5.82 Å². The van der Waals surface area contributed by atoms with Gasteiger partial charge < -0.3 is 15.2 Å². The van der Waals surface area contributed by atoms with Gasteiger partial charge in [-0.1, -0.05) is 0 Å². The summed E-state index contributed by atoms with van der Waals surface area (Å²) in [6.45, 7) is 1.97. The standard InChI is InChI=1S/C14H18N4O/c1-9-16-11-8-10(4-5-12(11)17(9)2)18(3)13(19)14(15)6-7-14/h4-5,8H,6-7,15H2,1-3H3. The summed E-state index contributed by atoms with van der Waals surface area (Å²) in [4.78, 5) is 18.3. The van der Waals surface area contributed by atoms with Gasteiger partial charge in [0.25, 0.3) is 0 Å². The first-order valence-corrected chi connectivity index (χ1v) is 6.42. The van der Waals surface area contributed by atoms with Gasteiger partial charge in [-0.25, -0.2) is 4.98 Å². The third-order valence-corrected chi connectivity index (χ3v) is 3.99. The Bertz CT molecular complexity index is 669. The number of anilines is 1. The molecule has 1 aliphatic carbocycles. The van der Waals surface area contributed by atoms with E-state index in [2.05, 4.69) is 4.98 Å². The Morgan fingerprint density at radius 1 is 1.47 bits per heavy atom. The van der Waals surface area contributed by atoms with E-state index in [0.717, 1.165) is 35.4 Å². The zero-order valence-corrected chi connectivity index (χ0v) is 11.5. The summed E-state index contributed by atoms with van der Waals surface area (Å²) < 4.78 is 2.03. The van der Waals surface area contributed by atoms with Crippen molar-refractivity contribution < 1.29 is 4.79 Å². The summed E-state index contributed by atoms with van der Waals surface area (Å²) in [6.07, 6.45) is 1.56. The third-order valence-electron chi connectivity index (χ3n) is 3.99. The smallest absolute Gasteiger partial charge is 0.246 e. The zero-order valence-electron chi connectivity index (χ0n) is 11.5. The first-order chi connectivity index (χ1) is 8.92. The Balaban J connectivity index is 1.99. The van der Waals surface area contributed by atoms with Crippen LogP contribution >= 0.6 is 0 Å². The van der Waals surface area contributed by atoms with Crippen LogP contribution in [0, 0.1) is 6.92 Å². The number of aromatic nitrogens is 2. The molecule has 1 heterocycles. The summed E-state index contributed by atoms with van der Waals surface area (Å²) in [6, 6.07) is 5.86. The molecular weight excluding hydrogens is 240 g/mol. The quantitative estimate of drug-likeness (QED) is 0.884. The largest absolute Gasteiger partial charge is 0.331 e. The highest BCUT2D eigenvalue weighted by atomic mass is 16.2. The Morgan fingerprint density at radius 3 is 2.79 bits per heavy atom. The van der Waals surface area contributed by atoms with E-state index in [1.165, 1.54) is 0 Å². The molecule has 0 radical (unpaired) electrons. The lowest BCUT2D eigenvalue weighted by atomic mass is 10.2. The van der Waals surface area contributed by atoms with Gasteiger partial charge in [0.05, 0.1) is 16.6 Å². The second kappa shape index (κ2) is 3.81. The molecule has 1 aromatic heterocycles. The number of fused-ring (bicyclic) bond motifs is 1. The van der Waals surface area contributed by atoms with Crippen molar-refractivity contribution in [3.8, 4) is 0 Å². The number of likely N-dealkylation sites (N-methyl/N-ethyl adjacent to an activating group) is 1. The van der Waals surface area contributed by atoms with Crippen molar-refractivity contribution in [2.45, 2.75) is 25.3 Å². The van der Waals surface area contributed by atoms with Gasteiger partial charge in [0.2, 0.25) is 5.91 Å². The lowest BCUT2D eigenvalue weighted by Crippen LogP contribution is -2.43. The maximum atomic E-state index is 12.2. The predicted octanol–water partition coefficient (Wildman–Crippen LogP) is 1.34. The van der Waals surface area contributed by atoms with Crippen molar-refractivity contribution in [1.82, 2.24) is 9.55 Å². The molecule has 0 spiro atoms. The SMILES string of the molecule is Cc1nc2cc(N(C)C(=O)C3(N)CC3)ccc2n1C. The van der Waals surface area contributed by atoms with Crippen LogP contribution < -0.4 is 10.6 Å². The molecule has 1 aromatic carbocycles. The van der Waals surface area contributed by atoms with E-state index < -0.39 is 5.54 Å². The molecule has 1 fully saturated rings. The summed E-state index contributed by atoms with van der Waals surface area (Å²) in [7, 11) is 3.75. The van der Waals surface area contributed by atoms with Crippen molar-refractivity contribution in [3.63, 3.8) is 0 Å². The average molecular weight is 258 g/mol. The van der Waals surface area contributed by atoms with E-state index in [-0.39, 0.29) is 5.91 Å². The van der Waals surface area contributed by atoms with E-state index in [4.69, 9.17) is 5.73 Å². The number of carbonyl (C=O) groups excluding carboxylic acids is 1. The first-order valence-electron chi connectivity index (χ1n) is 6.42. The molecule has 2 aromatic rings. The molecule has 0 saturated heterocycles. The van der Waals surface area contributed by atoms with E-state index in [0.29, 0.717) is 0 Å². The highest BCUT2D eigenvalue weighted by Crippen LogP contribution is 2.35. The van der Waals surface area contributed by atoms with E-state index in [9.17, 15) is 4.79 Å². The van der Waals surface area contributed by atoms with Gasteiger partial charge in [-0.3, -0.25) is 4.79 Å². The normalized spacial score (nSPS) is 16.6. The molecule has 3 rings (SSSR count). The molecular formula is C14H18N4O. The van der Waals surface area contributed by atoms with Crippen molar-refractivity contribution in [2.24, 2.45) is 12.8 Å². The van der Waals surface area contributed by atoms with Crippen LogP contribution in [0.2, 0.25) is 0 Å². The molecule has 0 unspecified atom stereocenters. The van der Waals surface area contributed by atoms with Crippen LogP contribution in [0.1, 0.15) is 18.7 Å². The molecule has 100 valence electrons. The second-order valence-electron chi connectivity index (χ2n) is 5.41.